The molecule has 0 aliphatic carbocycles. The van der Waals surface area contributed by atoms with Crippen molar-refractivity contribution in [1.29, 1.82) is 0 Å². The number of halogens is 4. The SMILES string of the molecule is C/C(N)=C(\C(=O)OCC(=O)c1c(F)cccc1F)C(N)=Nc1ccc(F)c(F)c1. The van der Waals surface area contributed by atoms with E-state index in [9.17, 15) is 27.2 Å². The van der Waals surface area contributed by atoms with E-state index in [0.717, 1.165) is 36.4 Å². The van der Waals surface area contributed by atoms with Crippen molar-refractivity contribution in [1.82, 2.24) is 0 Å². The Bertz CT molecular complexity index is 1010. The molecule has 0 fully saturated rings. The molecule has 0 saturated carbocycles. The second kappa shape index (κ2) is 9.00. The number of aliphatic imine (C=N–C) groups is 1. The molecule has 0 heterocycles. The van der Waals surface area contributed by atoms with Gasteiger partial charge in [0.15, 0.2) is 18.2 Å². The summed E-state index contributed by atoms with van der Waals surface area (Å²) in [5.41, 5.74) is 9.71. The number of ether oxygens (including phenoxy) is 1. The topological polar surface area (TPSA) is 108 Å². The second-order valence-corrected chi connectivity index (χ2v) is 5.75. The first-order valence-electron chi connectivity index (χ1n) is 8.02. The summed E-state index contributed by atoms with van der Waals surface area (Å²) in [6.07, 6.45) is 0. The van der Waals surface area contributed by atoms with Crippen molar-refractivity contribution in [2.75, 3.05) is 6.61 Å². The van der Waals surface area contributed by atoms with Gasteiger partial charge in [-0.1, -0.05) is 6.07 Å². The van der Waals surface area contributed by atoms with Gasteiger partial charge < -0.3 is 16.2 Å². The molecular weight excluding hydrogens is 394 g/mol. The number of rotatable bonds is 6. The zero-order chi connectivity index (χ0) is 21.7. The first kappa shape index (κ1) is 21.6. The largest absolute Gasteiger partial charge is 0.454 e. The van der Waals surface area contributed by atoms with Crippen LogP contribution in [0.1, 0.15) is 17.3 Å². The summed E-state index contributed by atoms with van der Waals surface area (Å²) in [5, 5.41) is 0. The van der Waals surface area contributed by atoms with Crippen molar-refractivity contribution in [3.05, 3.63) is 76.5 Å². The third-order valence-electron chi connectivity index (χ3n) is 3.58. The Labute approximate surface area is 162 Å². The first-order valence-corrected chi connectivity index (χ1v) is 8.02. The lowest BCUT2D eigenvalue weighted by Crippen LogP contribution is -2.27. The maximum Gasteiger partial charge on any atom is 0.344 e. The predicted molar refractivity (Wildman–Crippen MR) is 96.2 cm³/mol. The molecule has 152 valence electrons. The average Bonchev–Trinajstić information content (AvgIpc) is 2.62. The van der Waals surface area contributed by atoms with E-state index in [1.807, 2.05) is 0 Å². The lowest BCUT2D eigenvalue weighted by atomic mass is 10.1. The average molecular weight is 409 g/mol. The number of hydrogen-bond acceptors (Lipinski definition) is 5. The molecule has 0 unspecified atom stereocenters. The number of ketones is 1. The molecule has 0 radical (unpaired) electrons. The highest BCUT2D eigenvalue weighted by Gasteiger charge is 2.22. The van der Waals surface area contributed by atoms with Crippen LogP contribution in [0.2, 0.25) is 0 Å². The van der Waals surface area contributed by atoms with E-state index in [1.165, 1.54) is 6.92 Å². The van der Waals surface area contributed by atoms with Crippen LogP contribution < -0.4 is 11.5 Å². The van der Waals surface area contributed by atoms with Crippen LogP contribution in [-0.4, -0.2) is 24.2 Å². The minimum atomic E-state index is -1.20. The predicted octanol–water partition coefficient (Wildman–Crippen LogP) is 2.89. The van der Waals surface area contributed by atoms with Gasteiger partial charge in [0, 0.05) is 11.8 Å². The second-order valence-electron chi connectivity index (χ2n) is 5.75. The lowest BCUT2D eigenvalue weighted by Gasteiger charge is -2.10. The van der Waals surface area contributed by atoms with Crippen LogP contribution in [0, 0.1) is 23.3 Å². The Balaban J connectivity index is 2.19. The molecule has 0 amide bonds. The molecule has 4 N–H and O–H groups in total. The first-order chi connectivity index (χ1) is 13.6. The fourth-order valence-corrected chi connectivity index (χ4v) is 2.26. The van der Waals surface area contributed by atoms with Gasteiger partial charge in [0.1, 0.15) is 23.0 Å². The van der Waals surface area contributed by atoms with Crippen molar-refractivity contribution >= 4 is 23.3 Å². The van der Waals surface area contributed by atoms with E-state index in [-0.39, 0.29) is 11.4 Å². The number of amidine groups is 1. The van der Waals surface area contributed by atoms with Crippen molar-refractivity contribution in [2.24, 2.45) is 16.5 Å². The van der Waals surface area contributed by atoms with E-state index < -0.39 is 58.6 Å². The van der Waals surface area contributed by atoms with Gasteiger partial charge in [0.25, 0.3) is 0 Å². The molecular formula is C19H15F4N3O3. The maximum atomic E-state index is 13.6. The minimum absolute atomic E-state index is 0.113. The number of nitrogens with zero attached hydrogens (tertiary/aromatic N) is 1. The third kappa shape index (κ3) is 5.18. The van der Waals surface area contributed by atoms with E-state index in [2.05, 4.69) is 4.99 Å². The third-order valence-corrected chi connectivity index (χ3v) is 3.58. The molecule has 0 aromatic heterocycles. The number of nitrogens with two attached hydrogens (primary N) is 2. The van der Waals surface area contributed by atoms with Gasteiger partial charge in [-0.3, -0.25) is 4.79 Å². The van der Waals surface area contributed by atoms with Crippen LogP contribution in [-0.2, 0) is 9.53 Å². The molecule has 0 aliphatic rings. The molecule has 2 rings (SSSR count). The molecule has 0 bridgehead atoms. The molecule has 2 aromatic rings. The van der Waals surface area contributed by atoms with Gasteiger partial charge in [0.2, 0.25) is 5.78 Å². The summed E-state index contributed by atoms with van der Waals surface area (Å²) in [6, 6.07) is 5.47. The van der Waals surface area contributed by atoms with Crippen LogP contribution in [0.25, 0.3) is 0 Å². The van der Waals surface area contributed by atoms with Gasteiger partial charge in [-0.25, -0.2) is 27.3 Å². The smallest absolute Gasteiger partial charge is 0.344 e. The molecule has 0 saturated heterocycles. The summed E-state index contributed by atoms with van der Waals surface area (Å²) in [6.45, 7) is 0.286. The van der Waals surface area contributed by atoms with E-state index in [0.29, 0.717) is 0 Å². The van der Waals surface area contributed by atoms with Crippen LogP contribution in [0.4, 0.5) is 23.2 Å². The van der Waals surface area contributed by atoms with Crippen LogP contribution in [0.3, 0.4) is 0 Å². The molecule has 0 atom stereocenters. The van der Waals surface area contributed by atoms with Crippen molar-refractivity contribution in [2.45, 2.75) is 6.92 Å². The number of carbonyl (C=O) groups is 2. The summed E-state index contributed by atoms with van der Waals surface area (Å²) < 4.78 is 58.2. The van der Waals surface area contributed by atoms with Crippen LogP contribution in [0.15, 0.2) is 52.7 Å². The molecule has 2 aromatic carbocycles. The summed E-state index contributed by atoms with van der Waals surface area (Å²) in [7, 11) is 0. The zero-order valence-electron chi connectivity index (χ0n) is 15.0. The van der Waals surface area contributed by atoms with Gasteiger partial charge in [-0.2, -0.15) is 0 Å². The molecule has 0 spiro atoms. The Morgan fingerprint density at radius 2 is 1.59 bits per heavy atom. The van der Waals surface area contributed by atoms with Crippen molar-refractivity contribution in [3.8, 4) is 0 Å². The highest BCUT2D eigenvalue weighted by molar-refractivity contribution is 6.19. The van der Waals surface area contributed by atoms with Gasteiger partial charge in [-0.15, -0.1) is 0 Å². The minimum Gasteiger partial charge on any atom is -0.454 e. The number of allylic oxidation sites excluding steroid dienone is 1. The Kier molecular flexibility index (Phi) is 6.71. The van der Waals surface area contributed by atoms with Gasteiger partial charge in [-0.05, 0) is 31.2 Å². The fourth-order valence-electron chi connectivity index (χ4n) is 2.26. The van der Waals surface area contributed by atoms with E-state index >= 15 is 0 Å². The van der Waals surface area contributed by atoms with Crippen molar-refractivity contribution in [3.63, 3.8) is 0 Å². The Morgan fingerprint density at radius 3 is 2.14 bits per heavy atom. The zero-order valence-corrected chi connectivity index (χ0v) is 15.0. The normalized spacial score (nSPS) is 12.4. The lowest BCUT2D eigenvalue weighted by molar-refractivity contribution is -0.137. The number of Topliss-reactive ketones (excluding diaryl/α,β-unsaturated/α-hetero) is 1. The summed E-state index contributed by atoms with van der Waals surface area (Å²) in [5.74, 6) is -7.34. The van der Waals surface area contributed by atoms with E-state index in [4.69, 9.17) is 16.2 Å². The molecule has 0 aliphatic heterocycles. The van der Waals surface area contributed by atoms with Gasteiger partial charge in [0.05, 0.1) is 11.3 Å². The standard InChI is InChI=1S/C19H15F4N3O3/c1-9(24)16(18(25)26-10-5-6-11(20)14(23)7-10)19(28)29-8-15(27)17-12(21)3-2-4-13(17)22/h2-7H,8,24H2,1H3,(H2,25,26)/b16-9+. The summed E-state index contributed by atoms with van der Waals surface area (Å²) in [4.78, 5) is 28.0. The number of esters is 1. The number of hydrogen-bond donors (Lipinski definition) is 2. The van der Waals surface area contributed by atoms with E-state index in [1.54, 1.807) is 0 Å². The highest BCUT2D eigenvalue weighted by atomic mass is 19.2. The Hall–Kier alpha value is -3.69. The maximum absolute atomic E-state index is 13.6. The van der Waals surface area contributed by atoms with Crippen molar-refractivity contribution < 1.29 is 31.9 Å². The highest BCUT2D eigenvalue weighted by Crippen LogP contribution is 2.18. The molecule has 10 heteroatoms. The van der Waals surface area contributed by atoms with Crippen LogP contribution >= 0.6 is 0 Å². The quantitative estimate of drug-likeness (QED) is 0.191. The fraction of sp³-hybridized carbons (Fsp3) is 0.105. The molecule has 6 nitrogen and oxygen atoms in total. The van der Waals surface area contributed by atoms with Gasteiger partial charge >= 0.3 is 5.97 Å². The summed E-state index contributed by atoms with van der Waals surface area (Å²) >= 11 is 0. The number of benzene rings is 2. The molecule has 29 heavy (non-hydrogen) atoms. The Morgan fingerprint density at radius 1 is 0.966 bits per heavy atom. The van der Waals surface area contributed by atoms with Crippen LogP contribution in [0.5, 0.6) is 0 Å². The monoisotopic (exact) mass is 409 g/mol. The number of carbonyl (C=O) groups excluding carboxylic acids is 2.